The fraction of sp³-hybridized carbons (Fsp3) is 0.227. The van der Waals surface area contributed by atoms with Crippen LogP contribution in [0.4, 0.5) is 0 Å². The zero-order valence-electron chi connectivity index (χ0n) is 16.5. The normalized spacial score (nSPS) is 13.4. The largest absolute Gasteiger partial charge is 0.489 e. The van der Waals surface area contributed by atoms with Gasteiger partial charge in [0.1, 0.15) is 12.4 Å². The summed E-state index contributed by atoms with van der Waals surface area (Å²) in [6, 6.07) is 10.9. The first-order valence-electron chi connectivity index (χ1n) is 9.33. The van der Waals surface area contributed by atoms with Crippen LogP contribution in [0.1, 0.15) is 15.9 Å². The topological polar surface area (TPSA) is 77.4 Å². The van der Waals surface area contributed by atoms with Crippen molar-refractivity contribution < 1.29 is 33.2 Å². The predicted molar refractivity (Wildman–Crippen MR) is 105 cm³/mol. The van der Waals surface area contributed by atoms with Crippen molar-refractivity contribution in [2.24, 2.45) is 7.05 Å². The number of nitrogens with zero attached hydrogens (tertiary/aromatic N) is 1. The Labute approximate surface area is 172 Å². The lowest BCUT2D eigenvalue weighted by atomic mass is 10.0. The number of benzene rings is 2. The summed E-state index contributed by atoms with van der Waals surface area (Å²) in [4.78, 5) is 12.7. The lowest BCUT2D eigenvalue weighted by Crippen LogP contribution is -2.07. The standard InChI is InChI=1S/C22H19NO7/c1-23-9-14(10-26-15-4-6-17-19(8-15)30-12-28-17)20(22(24)25-2)21(23)13-3-5-16-18(7-13)29-11-27-16/h3-9H,10-12H2,1-2H3. The van der Waals surface area contributed by atoms with Crippen molar-refractivity contribution >= 4 is 5.97 Å². The van der Waals surface area contributed by atoms with Gasteiger partial charge in [0.25, 0.3) is 0 Å². The number of carbonyl (C=O) groups excluding carboxylic acids is 1. The molecule has 0 fully saturated rings. The molecular formula is C22H19NO7. The molecule has 0 amide bonds. The van der Waals surface area contributed by atoms with Crippen molar-refractivity contribution in [3.63, 3.8) is 0 Å². The molecule has 0 saturated heterocycles. The van der Waals surface area contributed by atoms with E-state index < -0.39 is 5.97 Å². The molecule has 0 N–H and O–H groups in total. The van der Waals surface area contributed by atoms with Gasteiger partial charge in [0, 0.05) is 30.4 Å². The van der Waals surface area contributed by atoms with Crippen molar-refractivity contribution in [2.75, 3.05) is 20.7 Å². The Morgan fingerprint density at radius 2 is 1.63 bits per heavy atom. The Morgan fingerprint density at radius 3 is 2.37 bits per heavy atom. The summed E-state index contributed by atoms with van der Waals surface area (Å²) in [7, 11) is 3.23. The van der Waals surface area contributed by atoms with E-state index in [2.05, 4.69) is 0 Å². The molecular weight excluding hydrogens is 390 g/mol. The highest BCUT2D eigenvalue weighted by atomic mass is 16.7. The first-order valence-corrected chi connectivity index (χ1v) is 9.33. The Bertz CT molecular complexity index is 1130. The van der Waals surface area contributed by atoms with Gasteiger partial charge in [-0.15, -0.1) is 0 Å². The van der Waals surface area contributed by atoms with Crippen LogP contribution in [0.2, 0.25) is 0 Å². The number of hydrogen-bond donors (Lipinski definition) is 0. The van der Waals surface area contributed by atoms with Crippen molar-refractivity contribution in [3.8, 4) is 40.0 Å². The number of esters is 1. The van der Waals surface area contributed by atoms with E-state index in [0.29, 0.717) is 45.6 Å². The van der Waals surface area contributed by atoms with E-state index in [0.717, 1.165) is 5.56 Å². The van der Waals surface area contributed by atoms with Crippen molar-refractivity contribution in [2.45, 2.75) is 6.61 Å². The highest BCUT2D eigenvalue weighted by molar-refractivity contribution is 5.98. The maximum atomic E-state index is 12.7. The van der Waals surface area contributed by atoms with Crippen LogP contribution in [0, 0.1) is 0 Å². The van der Waals surface area contributed by atoms with Gasteiger partial charge in [-0.25, -0.2) is 4.79 Å². The number of aromatic nitrogens is 1. The van der Waals surface area contributed by atoms with Crippen LogP contribution < -0.4 is 23.7 Å². The van der Waals surface area contributed by atoms with Gasteiger partial charge in [0.05, 0.1) is 18.4 Å². The predicted octanol–water partition coefficient (Wildman–Crippen LogP) is 3.52. The van der Waals surface area contributed by atoms with Crippen LogP contribution in [-0.4, -0.2) is 31.2 Å². The second-order valence-electron chi connectivity index (χ2n) is 6.85. The molecule has 3 aromatic rings. The van der Waals surface area contributed by atoms with E-state index in [1.54, 1.807) is 18.2 Å². The van der Waals surface area contributed by atoms with Crippen LogP contribution >= 0.6 is 0 Å². The second-order valence-corrected chi connectivity index (χ2v) is 6.85. The Kier molecular flexibility index (Phi) is 4.39. The molecule has 2 aliphatic rings. The van der Waals surface area contributed by atoms with E-state index in [-0.39, 0.29) is 20.2 Å². The van der Waals surface area contributed by atoms with Crippen LogP contribution in [0.15, 0.2) is 42.6 Å². The number of carbonyl (C=O) groups is 1. The minimum atomic E-state index is -0.437. The van der Waals surface area contributed by atoms with Gasteiger partial charge in [-0.05, 0) is 30.3 Å². The molecule has 0 bridgehead atoms. The summed E-state index contributed by atoms with van der Waals surface area (Å²) < 4.78 is 34.4. The quantitative estimate of drug-likeness (QED) is 0.597. The van der Waals surface area contributed by atoms with Gasteiger partial charge in [-0.3, -0.25) is 0 Å². The molecule has 2 aliphatic heterocycles. The average molecular weight is 409 g/mol. The summed E-state index contributed by atoms with van der Waals surface area (Å²) in [5.41, 5.74) is 2.68. The minimum Gasteiger partial charge on any atom is -0.489 e. The number of ether oxygens (including phenoxy) is 6. The van der Waals surface area contributed by atoms with Crippen LogP contribution in [0.25, 0.3) is 11.3 Å². The lowest BCUT2D eigenvalue weighted by Gasteiger charge is -2.10. The monoisotopic (exact) mass is 409 g/mol. The maximum absolute atomic E-state index is 12.7. The highest BCUT2D eigenvalue weighted by Gasteiger charge is 2.25. The Hall–Kier alpha value is -3.81. The van der Waals surface area contributed by atoms with Gasteiger partial charge in [0.15, 0.2) is 23.0 Å². The van der Waals surface area contributed by atoms with Gasteiger partial charge in [-0.1, -0.05) is 0 Å². The fourth-order valence-corrected chi connectivity index (χ4v) is 3.65. The number of hydrogen-bond acceptors (Lipinski definition) is 7. The van der Waals surface area contributed by atoms with E-state index in [9.17, 15) is 4.79 Å². The van der Waals surface area contributed by atoms with Gasteiger partial charge in [-0.2, -0.15) is 0 Å². The SMILES string of the molecule is COC(=O)c1c(COc2ccc3c(c2)OCO3)cn(C)c1-c1ccc2c(c1)OCO2. The summed E-state index contributed by atoms with van der Waals surface area (Å²) in [5.74, 6) is 2.81. The zero-order chi connectivity index (χ0) is 20.7. The van der Waals surface area contributed by atoms with Crippen LogP contribution in [0.5, 0.6) is 28.7 Å². The smallest absolute Gasteiger partial charge is 0.340 e. The molecule has 154 valence electrons. The van der Waals surface area contributed by atoms with Gasteiger partial charge >= 0.3 is 5.97 Å². The summed E-state index contributed by atoms with van der Waals surface area (Å²) >= 11 is 0. The summed E-state index contributed by atoms with van der Waals surface area (Å²) in [5, 5.41) is 0. The van der Waals surface area contributed by atoms with Crippen LogP contribution in [-0.2, 0) is 18.4 Å². The third-order valence-corrected chi connectivity index (χ3v) is 5.03. The van der Waals surface area contributed by atoms with Crippen molar-refractivity contribution in [1.82, 2.24) is 4.57 Å². The number of rotatable bonds is 5. The third kappa shape index (κ3) is 3.06. The first kappa shape index (κ1) is 18.2. The lowest BCUT2D eigenvalue weighted by molar-refractivity contribution is 0.0599. The second kappa shape index (κ2) is 7.22. The average Bonchev–Trinajstić information content (AvgIpc) is 3.48. The molecule has 30 heavy (non-hydrogen) atoms. The Balaban J connectivity index is 1.48. The fourth-order valence-electron chi connectivity index (χ4n) is 3.65. The number of aryl methyl sites for hydroxylation is 1. The van der Waals surface area contributed by atoms with E-state index in [1.807, 2.05) is 36.0 Å². The van der Waals surface area contributed by atoms with E-state index >= 15 is 0 Å². The molecule has 8 nitrogen and oxygen atoms in total. The molecule has 0 aliphatic carbocycles. The van der Waals surface area contributed by atoms with Crippen molar-refractivity contribution in [3.05, 3.63) is 53.7 Å². The molecule has 0 unspecified atom stereocenters. The molecule has 3 heterocycles. The molecule has 8 heteroatoms. The molecule has 0 spiro atoms. The maximum Gasteiger partial charge on any atom is 0.340 e. The molecule has 0 atom stereocenters. The summed E-state index contributed by atoms with van der Waals surface area (Å²) in [6.07, 6.45) is 1.86. The van der Waals surface area contributed by atoms with Gasteiger partial charge < -0.3 is 33.0 Å². The third-order valence-electron chi connectivity index (χ3n) is 5.03. The number of methoxy groups -OCH3 is 1. The highest BCUT2D eigenvalue weighted by Crippen LogP contribution is 2.39. The summed E-state index contributed by atoms with van der Waals surface area (Å²) in [6.45, 7) is 0.565. The van der Waals surface area contributed by atoms with Crippen LogP contribution in [0.3, 0.4) is 0 Å². The van der Waals surface area contributed by atoms with E-state index in [4.69, 9.17) is 28.4 Å². The molecule has 2 aromatic carbocycles. The molecule has 0 radical (unpaired) electrons. The molecule has 5 rings (SSSR count). The molecule has 1 aromatic heterocycles. The number of fused-ring (bicyclic) bond motifs is 2. The minimum absolute atomic E-state index is 0.183. The van der Waals surface area contributed by atoms with Gasteiger partial charge in [0.2, 0.25) is 13.6 Å². The van der Waals surface area contributed by atoms with Crippen molar-refractivity contribution in [1.29, 1.82) is 0 Å². The Morgan fingerprint density at radius 1 is 0.967 bits per heavy atom. The molecule has 0 saturated carbocycles. The van der Waals surface area contributed by atoms with E-state index in [1.165, 1.54) is 7.11 Å². The first-order chi connectivity index (χ1) is 14.6. The zero-order valence-corrected chi connectivity index (χ0v) is 16.5.